The number of hydrogen-bond acceptors (Lipinski definition) is 2. The van der Waals surface area contributed by atoms with Crippen LogP contribution in [-0.2, 0) is 11.4 Å². The number of hydrogen-bond donors (Lipinski definition) is 0. The van der Waals surface area contributed by atoms with E-state index in [1.54, 1.807) is 6.92 Å². The normalized spacial score (nSPS) is 13.8. The van der Waals surface area contributed by atoms with Gasteiger partial charge in [0.25, 0.3) is 0 Å². The SMILES string of the molecule is C/C(=N/OCc1ccccc1)C(C)F. The first-order chi connectivity index (χ1) is 6.70. The topological polar surface area (TPSA) is 21.6 Å². The number of rotatable bonds is 4. The summed E-state index contributed by atoms with van der Waals surface area (Å²) < 4.78 is 12.6. The van der Waals surface area contributed by atoms with Gasteiger partial charge in [-0.25, -0.2) is 4.39 Å². The second-order valence-corrected chi connectivity index (χ2v) is 3.11. The molecule has 0 saturated carbocycles. The molecule has 0 spiro atoms. The van der Waals surface area contributed by atoms with Crippen molar-refractivity contribution in [3.63, 3.8) is 0 Å². The molecule has 0 aliphatic rings. The third kappa shape index (κ3) is 3.56. The lowest BCUT2D eigenvalue weighted by Crippen LogP contribution is -2.07. The van der Waals surface area contributed by atoms with Crippen LogP contribution in [0.5, 0.6) is 0 Å². The van der Waals surface area contributed by atoms with E-state index in [9.17, 15) is 4.39 Å². The highest BCUT2D eigenvalue weighted by molar-refractivity contribution is 5.85. The molecule has 0 N–H and O–H groups in total. The van der Waals surface area contributed by atoms with Crippen LogP contribution in [0.4, 0.5) is 4.39 Å². The maximum absolute atomic E-state index is 12.6. The van der Waals surface area contributed by atoms with Gasteiger partial charge in [-0.05, 0) is 19.4 Å². The average molecular weight is 195 g/mol. The molecule has 2 nitrogen and oxygen atoms in total. The van der Waals surface area contributed by atoms with E-state index in [1.807, 2.05) is 30.3 Å². The van der Waals surface area contributed by atoms with E-state index >= 15 is 0 Å². The summed E-state index contributed by atoms with van der Waals surface area (Å²) in [7, 11) is 0. The Bertz CT molecular complexity index is 295. The Labute approximate surface area is 83.4 Å². The Morgan fingerprint density at radius 1 is 1.43 bits per heavy atom. The van der Waals surface area contributed by atoms with Gasteiger partial charge in [-0.15, -0.1) is 0 Å². The summed E-state index contributed by atoms with van der Waals surface area (Å²) in [5.41, 5.74) is 1.39. The molecule has 1 rings (SSSR count). The van der Waals surface area contributed by atoms with Crippen LogP contribution in [0.25, 0.3) is 0 Å². The van der Waals surface area contributed by atoms with Gasteiger partial charge in [-0.1, -0.05) is 35.5 Å². The zero-order valence-electron chi connectivity index (χ0n) is 8.40. The van der Waals surface area contributed by atoms with Crippen molar-refractivity contribution in [3.05, 3.63) is 35.9 Å². The predicted octanol–water partition coefficient (Wildman–Crippen LogP) is 2.94. The monoisotopic (exact) mass is 195 g/mol. The lowest BCUT2D eigenvalue weighted by atomic mass is 10.2. The minimum absolute atomic E-state index is 0.362. The quantitative estimate of drug-likeness (QED) is 0.534. The average Bonchev–Trinajstić information content (AvgIpc) is 2.19. The Hall–Kier alpha value is -1.38. The van der Waals surface area contributed by atoms with Crippen LogP contribution >= 0.6 is 0 Å². The highest BCUT2D eigenvalue weighted by atomic mass is 19.1. The Balaban J connectivity index is 2.39. The second kappa shape index (κ2) is 5.37. The maximum Gasteiger partial charge on any atom is 0.142 e. The largest absolute Gasteiger partial charge is 0.391 e. The number of halogens is 1. The van der Waals surface area contributed by atoms with Crippen LogP contribution < -0.4 is 0 Å². The fraction of sp³-hybridized carbons (Fsp3) is 0.364. The first-order valence-corrected chi connectivity index (χ1v) is 4.54. The molecule has 14 heavy (non-hydrogen) atoms. The summed E-state index contributed by atoms with van der Waals surface area (Å²) in [5.74, 6) is 0. The van der Waals surface area contributed by atoms with Gasteiger partial charge in [0.2, 0.25) is 0 Å². The molecule has 0 aliphatic heterocycles. The van der Waals surface area contributed by atoms with E-state index in [-0.39, 0.29) is 0 Å². The Morgan fingerprint density at radius 2 is 2.07 bits per heavy atom. The Kier molecular flexibility index (Phi) is 4.11. The molecule has 0 heterocycles. The summed E-state index contributed by atoms with van der Waals surface area (Å²) in [5, 5.41) is 3.66. The molecule has 0 amide bonds. The van der Waals surface area contributed by atoms with Crippen LogP contribution in [0.1, 0.15) is 19.4 Å². The first-order valence-electron chi connectivity index (χ1n) is 4.54. The molecule has 0 bridgehead atoms. The van der Waals surface area contributed by atoms with Gasteiger partial charge in [0.1, 0.15) is 12.8 Å². The molecule has 0 aliphatic carbocycles. The van der Waals surface area contributed by atoms with Crippen molar-refractivity contribution < 1.29 is 9.23 Å². The van der Waals surface area contributed by atoms with E-state index in [0.29, 0.717) is 12.3 Å². The zero-order valence-corrected chi connectivity index (χ0v) is 8.40. The molecule has 0 aromatic heterocycles. The van der Waals surface area contributed by atoms with E-state index in [2.05, 4.69) is 5.16 Å². The lowest BCUT2D eigenvalue weighted by Gasteiger charge is -2.02. The minimum atomic E-state index is -1.05. The molecule has 76 valence electrons. The van der Waals surface area contributed by atoms with Gasteiger partial charge < -0.3 is 4.84 Å². The summed E-state index contributed by atoms with van der Waals surface area (Å²) in [6.45, 7) is 3.42. The molecule has 0 radical (unpaired) electrons. The molecule has 0 saturated heterocycles. The molecule has 0 fully saturated rings. The smallest absolute Gasteiger partial charge is 0.142 e. The van der Waals surface area contributed by atoms with Crippen molar-refractivity contribution in [2.45, 2.75) is 26.6 Å². The van der Waals surface area contributed by atoms with Gasteiger partial charge in [-0.2, -0.15) is 0 Å². The standard InChI is InChI=1S/C11H14FNO/c1-9(12)10(2)13-14-8-11-6-4-3-5-7-11/h3-7,9H,8H2,1-2H3/b13-10-. The van der Waals surface area contributed by atoms with Crippen molar-refractivity contribution in [2.75, 3.05) is 0 Å². The van der Waals surface area contributed by atoms with Gasteiger partial charge in [0.05, 0.1) is 5.71 Å². The Morgan fingerprint density at radius 3 is 2.64 bits per heavy atom. The first kappa shape index (κ1) is 10.7. The summed E-state index contributed by atoms with van der Waals surface area (Å²) in [4.78, 5) is 4.99. The number of oxime groups is 1. The van der Waals surface area contributed by atoms with Crippen molar-refractivity contribution in [1.82, 2.24) is 0 Å². The zero-order chi connectivity index (χ0) is 10.4. The summed E-state index contributed by atoms with van der Waals surface area (Å²) in [6.07, 6.45) is -1.05. The molecule has 1 atom stereocenters. The fourth-order valence-corrected chi connectivity index (χ4v) is 0.855. The lowest BCUT2D eigenvalue weighted by molar-refractivity contribution is 0.128. The highest BCUT2D eigenvalue weighted by Gasteiger charge is 2.01. The highest BCUT2D eigenvalue weighted by Crippen LogP contribution is 2.01. The summed E-state index contributed by atoms with van der Waals surface area (Å²) in [6, 6.07) is 9.65. The summed E-state index contributed by atoms with van der Waals surface area (Å²) >= 11 is 0. The van der Waals surface area contributed by atoms with Crippen LogP contribution in [-0.4, -0.2) is 11.9 Å². The van der Waals surface area contributed by atoms with Crippen LogP contribution in [0.2, 0.25) is 0 Å². The predicted molar refractivity (Wildman–Crippen MR) is 54.9 cm³/mol. The van der Waals surface area contributed by atoms with E-state index in [4.69, 9.17) is 4.84 Å². The second-order valence-electron chi connectivity index (χ2n) is 3.11. The van der Waals surface area contributed by atoms with Gasteiger partial charge >= 0.3 is 0 Å². The number of alkyl halides is 1. The third-order valence-electron chi connectivity index (χ3n) is 1.86. The fourth-order valence-electron chi connectivity index (χ4n) is 0.855. The van der Waals surface area contributed by atoms with Gasteiger partial charge in [0.15, 0.2) is 0 Å². The molecule has 1 aromatic carbocycles. The molecular weight excluding hydrogens is 181 g/mol. The molecular formula is C11H14FNO. The van der Waals surface area contributed by atoms with E-state index in [0.717, 1.165) is 5.56 Å². The van der Waals surface area contributed by atoms with E-state index in [1.165, 1.54) is 6.92 Å². The van der Waals surface area contributed by atoms with Crippen molar-refractivity contribution >= 4 is 5.71 Å². The molecule has 1 aromatic rings. The minimum Gasteiger partial charge on any atom is -0.391 e. The van der Waals surface area contributed by atoms with Gasteiger partial charge in [-0.3, -0.25) is 0 Å². The van der Waals surface area contributed by atoms with Crippen LogP contribution in [0, 0.1) is 0 Å². The number of nitrogens with zero attached hydrogens (tertiary/aromatic N) is 1. The van der Waals surface area contributed by atoms with Crippen molar-refractivity contribution in [2.24, 2.45) is 5.16 Å². The third-order valence-corrected chi connectivity index (χ3v) is 1.86. The van der Waals surface area contributed by atoms with Crippen molar-refractivity contribution in [1.29, 1.82) is 0 Å². The number of benzene rings is 1. The molecule has 3 heteroatoms. The molecule has 1 unspecified atom stereocenters. The van der Waals surface area contributed by atoms with Crippen LogP contribution in [0.3, 0.4) is 0 Å². The van der Waals surface area contributed by atoms with Gasteiger partial charge in [0, 0.05) is 0 Å². The van der Waals surface area contributed by atoms with E-state index < -0.39 is 6.17 Å². The maximum atomic E-state index is 12.6. The van der Waals surface area contributed by atoms with Crippen LogP contribution in [0.15, 0.2) is 35.5 Å². The van der Waals surface area contributed by atoms with Crippen molar-refractivity contribution in [3.8, 4) is 0 Å².